The minimum atomic E-state index is -4.62. The fourth-order valence-electron chi connectivity index (χ4n) is 1.89. The second-order valence-corrected chi connectivity index (χ2v) is 4.83. The van der Waals surface area contributed by atoms with Gasteiger partial charge in [-0.25, -0.2) is 9.97 Å². The van der Waals surface area contributed by atoms with Crippen LogP contribution in [0, 0.1) is 5.41 Å². The summed E-state index contributed by atoms with van der Waals surface area (Å²) in [4.78, 5) is 6.57. The number of halogens is 3. The van der Waals surface area contributed by atoms with E-state index in [1.807, 2.05) is 0 Å². The first-order valence-electron chi connectivity index (χ1n) is 5.91. The Balaban J connectivity index is 2.06. The average molecular weight is 276 g/mol. The molecule has 1 saturated carbocycles. The number of aromatic nitrogens is 2. The molecular formula is C11H15F3N4O. The van der Waals surface area contributed by atoms with Crippen molar-refractivity contribution in [2.75, 3.05) is 24.2 Å². The number of hydrogen-bond donors (Lipinski definition) is 3. The molecule has 0 amide bonds. The van der Waals surface area contributed by atoms with E-state index < -0.39 is 12.0 Å². The fourth-order valence-corrected chi connectivity index (χ4v) is 1.89. The molecule has 1 aromatic heterocycles. The van der Waals surface area contributed by atoms with Gasteiger partial charge in [0.2, 0.25) is 5.82 Å². The van der Waals surface area contributed by atoms with Crippen molar-refractivity contribution in [1.82, 2.24) is 9.97 Å². The van der Waals surface area contributed by atoms with Gasteiger partial charge in [-0.1, -0.05) is 0 Å². The zero-order valence-electron chi connectivity index (χ0n) is 10.2. The molecule has 0 spiro atoms. The smallest absolute Gasteiger partial charge is 0.396 e. The number of nitrogens with two attached hydrogens (primary N) is 1. The van der Waals surface area contributed by atoms with Crippen molar-refractivity contribution in [3.8, 4) is 0 Å². The van der Waals surface area contributed by atoms with Gasteiger partial charge < -0.3 is 16.2 Å². The molecule has 1 fully saturated rings. The standard InChI is InChI=1S/C11H15F3N4O/c12-11(13,14)9-17-7(15)5-8(18-9)16-6-10(1-2-10)3-4-19/h5,19H,1-4,6H2,(H3,15,16,17,18). The molecule has 19 heavy (non-hydrogen) atoms. The third-order valence-corrected chi connectivity index (χ3v) is 3.24. The molecule has 1 aliphatic rings. The molecular weight excluding hydrogens is 261 g/mol. The van der Waals surface area contributed by atoms with E-state index in [1.54, 1.807) is 0 Å². The van der Waals surface area contributed by atoms with Crippen LogP contribution >= 0.6 is 0 Å². The van der Waals surface area contributed by atoms with Gasteiger partial charge in [0, 0.05) is 19.2 Å². The van der Waals surface area contributed by atoms with Crippen molar-refractivity contribution >= 4 is 11.6 Å². The van der Waals surface area contributed by atoms with Gasteiger partial charge in [-0.05, 0) is 24.7 Å². The number of nitrogens with one attached hydrogen (secondary N) is 1. The van der Waals surface area contributed by atoms with E-state index in [9.17, 15) is 13.2 Å². The lowest BCUT2D eigenvalue weighted by Gasteiger charge is -2.16. The molecule has 0 radical (unpaired) electrons. The van der Waals surface area contributed by atoms with Gasteiger partial charge in [0.05, 0.1) is 0 Å². The fraction of sp³-hybridized carbons (Fsp3) is 0.636. The minimum Gasteiger partial charge on any atom is -0.396 e. The third kappa shape index (κ3) is 3.46. The summed E-state index contributed by atoms with van der Waals surface area (Å²) >= 11 is 0. The number of nitrogen functional groups attached to an aromatic ring is 1. The molecule has 0 saturated heterocycles. The van der Waals surface area contributed by atoms with Crippen molar-refractivity contribution < 1.29 is 18.3 Å². The van der Waals surface area contributed by atoms with E-state index in [1.165, 1.54) is 6.07 Å². The Morgan fingerprint density at radius 2 is 2.05 bits per heavy atom. The highest BCUT2D eigenvalue weighted by molar-refractivity contribution is 5.45. The highest BCUT2D eigenvalue weighted by Crippen LogP contribution is 2.48. The van der Waals surface area contributed by atoms with Gasteiger partial charge in [-0.15, -0.1) is 0 Å². The molecule has 1 aromatic rings. The van der Waals surface area contributed by atoms with Crippen molar-refractivity contribution in [2.24, 2.45) is 5.41 Å². The Hall–Kier alpha value is -1.57. The van der Waals surface area contributed by atoms with E-state index >= 15 is 0 Å². The van der Waals surface area contributed by atoms with Gasteiger partial charge in [-0.2, -0.15) is 13.2 Å². The van der Waals surface area contributed by atoms with Crippen molar-refractivity contribution in [3.05, 3.63) is 11.9 Å². The van der Waals surface area contributed by atoms with Gasteiger partial charge in [-0.3, -0.25) is 0 Å². The number of aliphatic hydroxyl groups excluding tert-OH is 1. The summed E-state index contributed by atoms with van der Waals surface area (Å²) < 4.78 is 37.5. The van der Waals surface area contributed by atoms with Gasteiger partial charge >= 0.3 is 6.18 Å². The van der Waals surface area contributed by atoms with Crippen LogP contribution in [-0.2, 0) is 6.18 Å². The number of nitrogens with zero attached hydrogens (tertiary/aromatic N) is 2. The number of alkyl halides is 3. The Morgan fingerprint density at radius 1 is 1.37 bits per heavy atom. The molecule has 0 bridgehead atoms. The maximum Gasteiger partial charge on any atom is 0.451 e. The summed E-state index contributed by atoms with van der Waals surface area (Å²) in [6.45, 7) is 0.544. The van der Waals surface area contributed by atoms with Crippen LogP contribution in [0.3, 0.4) is 0 Å². The number of aliphatic hydroxyl groups is 1. The van der Waals surface area contributed by atoms with Crippen LogP contribution in [-0.4, -0.2) is 28.2 Å². The van der Waals surface area contributed by atoms with Crippen LogP contribution in [0.1, 0.15) is 25.1 Å². The largest absolute Gasteiger partial charge is 0.451 e. The molecule has 8 heteroatoms. The number of rotatable bonds is 5. The van der Waals surface area contributed by atoms with Crippen molar-refractivity contribution in [3.63, 3.8) is 0 Å². The van der Waals surface area contributed by atoms with E-state index in [0.29, 0.717) is 13.0 Å². The first kappa shape index (κ1) is 13.9. The molecule has 0 aliphatic heterocycles. The zero-order chi connectivity index (χ0) is 14.1. The summed E-state index contributed by atoms with van der Waals surface area (Å²) in [5.41, 5.74) is 5.32. The lowest BCUT2D eigenvalue weighted by atomic mass is 10.0. The van der Waals surface area contributed by atoms with Crippen molar-refractivity contribution in [1.29, 1.82) is 0 Å². The molecule has 106 valence electrons. The highest BCUT2D eigenvalue weighted by atomic mass is 19.4. The maximum absolute atomic E-state index is 12.5. The average Bonchev–Trinajstić information content (AvgIpc) is 3.06. The summed E-state index contributed by atoms with van der Waals surface area (Å²) in [5.74, 6) is -1.41. The third-order valence-electron chi connectivity index (χ3n) is 3.24. The topological polar surface area (TPSA) is 84.1 Å². The zero-order valence-corrected chi connectivity index (χ0v) is 10.2. The Morgan fingerprint density at radius 3 is 2.58 bits per heavy atom. The predicted octanol–water partition coefficient (Wildman–Crippen LogP) is 1.65. The molecule has 0 unspecified atom stereocenters. The lowest BCUT2D eigenvalue weighted by Crippen LogP contribution is -2.19. The molecule has 1 heterocycles. The predicted molar refractivity (Wildman–Crippen MR) is 63.3 cm³/mol. The Bertz CT molecular complexity index is 460. The van der Waals surface area contributed by atoms with Gasteiger partial charge in [0.25, 0.3) is 0 Å². The quantitative estimate of drug-likeness (QED) is 0.761. The van der Waals surface area contributed by atoms with Crippen LogP contribution in [0.4, 0.5) is 24.8 Å². The van der Waals surface area contributed by atoms with Crippen LogP contribution in [0.15, 0.2) is 6.07 Å². The first-order valence-corrected chi connectivity index (χ1v) is 5.91. The molecule has 0 atom stereocenters. The van der Waals surface area contributed by atoms with E-state index in [4.69, 9.17) is 10.8 Å². The molecule has 4 N–H and O–H groups in total. The van der Waals surface area contributed by atoms with E-state index in [2.05, 4.69) is 15.3 Å². The van der Waals surface area contributed by atoms with Gasteiger partial charge in [0.1, 0.15) is 11.6 Å². The number of hydrogen-bond acceptors (Lipinski definition) is 5. The normalized spacial score (nSPS) is 17.3. The summed E-state index contributed by atoms with van der Waals surface area (Å²) in [6, 6.07) is 1.27. The first-order chi connectivity index (χ1) is 8.85. The summed E-state index contributed by atoms with van der Waals surface area (Å²) in [7, 11) is 0. The molecule has 0 aromatic carbocycles. The van der Waals surface area contributed by atoms with Crippen LogP contribution in [0.2, 0.25) is 0 Å². The lowest BCUT2D eigenvalue weighted by molar-refractivity contribution is -0.144. The van der Waals surface area contributed by atoms with E-state index in [-0.39, 0.29) is 23.7 Å². The minimum absolute atomic E-state index is 0.0210. The van der Waals surface area contributed by atoms with Gasteiger partial charge in [0.15, 0.2) is 0 Å². The molecule has 2 rings (SSSR count). The van der Waals surface area contributed by atoms with Crippen LogP contribution in [0.25, 0.3) is 0 Å². The summed E-state index contributed by atoms with van der Waals surface area (Å²) in [6.07, 6.45) is -2.08. The molecule has 1 aliphatic carbocycles. The molecule has 5 nitrogen and oxygen atoms in total. The SMILES string of the molecule is Nc1cc(NCC2(CCO)CC2)nc(C(F)(F)F)n1. The maximum atomic E-state index is 12.5. The summed E-state index contributed by atoms with van der Waals surface area (Å²) in [5, 5.41) is 11.8. The monoisotopic (exact) mass is 276 g/mol. The number of anilines is 2. The second-order valence-electron chi connectivity index (χ2n) is 4.83. The van der Waals surface area contributed by atoms with Crippen molar-refractivity contribution in [2.45, 2.75) is 25.4 Å². The highest BCUT2D eigenvalue weighted by Gasteiger charge is 2.42. The Kier molecular flexibility index (Phi) is 3.53. The Labute approximate surface area is 108 Å². The van der Waals surface area contributed by atoms with E-state index in [0.717, 1.165) is 12.8 Å². The second kappa shape index (κ2) is 4.84. The van der Waals surface area contributed by atoms with Crippen LogP contribution < -0.4 is 11.1 Å². The van der Waals surface area contributed by atoms with Crippen LogP contribution in [0.5, 0.6) is 0 Å².